The predicted molar refractivity (Wildman–Crippen MR) is 149 cm³/mol. The summed E-state index contributed by atoms with van der Waals surface area (Å²) in [5.74, 6) is 0.0830. The number of aromatic nitrogens is 4. The molecule has 3 heterocycles. The number of anilines is 2. The van der Waals surface area contributed by atoms with Crippen LogP contribution in [0, 0.1) is 12.8 Å². The number of nitrogens with zero attached hydrogens (tertiary/aromatic N) is 5. The van der Waals surface area contributed by atoms with E-state index < -0.39 is 18.4 Å². The molecule has 4 aromatic rings. The number of aryl methyl sites for hydroxylation is 1. The van der Waals surface area contributed by atoms with E-state index in [1.807, 2.05) is 60.7 Å². The first kappa shape index (κ1) is 27.3. The molecular formula is C30H33N5O5. The minimum Gasteiger partial charge on any atom is -0.457 e. The second-order valence-corrected chi connectivity index (χ2v) is 9.77. The van der Waals surface area contributed by atoms with E-state index in [9.17, 15) is 9.59 Å². The third kappa shape index (κ3) is 5.40. The first-order chi connectivity index (χ1) is 19.4. The molecule has 1 aliphatic rings. The van der Waals surface area contributed by atoms with Crippen LogP contribution in [0.4, 0.5) is 16.2 Å². The van der Waals surface area contributed by atoms with Crippen LogP contribution in [0.2, 0.25) is 0 Å². The van der Waals surface area contributed by atoms with Gasteiger partial charge >= 0.3 is 12.1 Å². The quantitative estimate of drug-likeness (QED) is 0.244. The van der Waals surface area contributed by atoms with Crippen molar-refractivity contribution in [2.24, 2.45) is 5.92 Å². The standard InChI is InChI=1S/C30H33N5O5/c1-5-13-23-24(6-2)39-29(26(23)38-20(4)36)34-18-31-25-27(34)32-19(3)33-28(25)40-30(37)35(21-14-9-7-10-15-21)22-16-11-8-12-17-22/h7-12,14-18,23-24,26,29H,5-6,13H2,1-4H3/t23-,24+,26?,29+/m0/s1. The lowest BCUT2D eigenvalue weighted by Crippen LogP contribution is -2.31. The largest absolute Gasteiger partial charge is 0.457 e. The summed E-state index contributed by atoms with van der Waals surface area (Å²) in [4.78, 5) is 40.7. The van der Waals surface area contributed by atoms with Crippen LogP contribution in [-0.4, -0.2) is 43.8 Å². The van der Waals surface area contributed by atoms with Gasteiger partial charge in [-0.15, -0.1) is 0 Å². The zero-order valence-corrected chi connectivity index (χ0v) is 23.1. The summed E-state index contributed by atoms with van der Waals surface area (Å²) in [6.45, 7) is 7.28. The summed E-state index contributed by atoms with van der Waals surface area (Å²) in [7, 11) is 0. The van der Waals surface area contributed by atoms with Gasteiger partial charge in [-0.05, 0) is 44.0 Å². The fourth-order valence-electron chi connectivity index (χ4n) is 5.32. The van der Waals surface area contributed by atoms with Crippen LogP contribution in [-0.2, 0) is 14.3 Å². The highest BCUT2D eigenvalue weighted by atomic mass is 16.6. The molecule has 2 aromatic heterocycles. The van der Waals surface area contributed by atoms with E-state index >= 15 is 0 Å². The van der Waals surface area contributed by atoms with E-state index in [0.29, 0.717) is 28.4 Å². The Bertz CT molecular complexity index is 1440. The summed E-state index contributed by atoms with van der Waals surface area (Å²) in [5.41, 5.74) is 2.01. The lowest BCUT2D eigenvalue weighted by Gasteiger charge is -2.24. The zero-order valence-electron chi connectivity index (χ0n) is 23.1. The number of carbonyl (C=O) groups is 2. The molecule has 1 unspecified atom stereocenters. The Hall–Kier alpha value is -4.31. The Morgan fingerprint density at radius 1 is 1.00 bits per heavy atom. The number of rotatable bonds is 8. The van der Waals surface area contributed by atoms with Gasteiger partial charge in [-0.25, -0.2) is 19.7 Å². The minimum absolute atomic E-state index is 0.0299. The second-order valence-electron chi connectivity index (χ2n) is 9.77. The minimum atomic E-state index is -0.643. The maximum Gasteiger partial charge on any atom is 0.425 e. The number of hydrogen-bond acceptors (Lipinski definition) is 8. The van der Waals surface area contributed by atoms with Gasteiger partial charge in [0.15, 0.2) is 23.5 Å². The maximum absolute atomic E-state index is 13.6. The molecule has 4 atom stereocenters. The molecule has 0 N–H and O–H groups in total. The highest BCUT2D eigenvalue weighted by molar-refractivity contribution is 5.97. The molecule has 2 aromatic carbocycles. The average molecular weight is 544 g/mol. The first-order valence-electron chi connectivity index (χ1n) is 13.6. The summed E-state index contributed by atoms with van der Waals surface area (Å²) in [6, 6.07) is 18.5. The molecule has 0 radical (unpaired) electrons. The SMILES string of the molecule is CCC[C@@H]1C(OC(C)=O)[C@H](n2cnc3c(OC(=O)N(c4ccccc4)c4ccccc4)nc(C)nc32)O[C@@H]1CC. The van der Waals surface area contributed by atoms with E-state index in [-0.39, 0.29) is 23.9 Å². The van der Waals surface area contributed by atoms with Crippen molar-refractivity contribution in [1.82, 2.24) is 19.5 Å². The van der Waals surface area contributed by atoms with Crippen molar-refractivity contribution in [2.75, 3.05) is 4.90 Å². The van der Waals surface area contributed by atoms with Crippen LogP contribution >= 0.6 is 0 Å². The number of esters is 1. The van der Waals surface area contributed by atoms with Crippen molar-refractivity contribution >= 4 is 34.6 Å². The molecule has 40 heavy (non-hydrogen) atoms. The van der Waals surface area contributed by atoms with Gasteiger partial charge in [-0.1, -0.05) is 56.7 Å². The van der Waals surface area contributed by atoms with Gasteiger partial charge in [0.1, 0.15) is 5.82 Å². The monoisotopic (exact) mass is 543 g/mol. The molecule has 208 valence electrons. The third-order valence-electron chi connectivity index (χ3n) is 6.99. The molecule has 0 saturated carbocycles. The van der Waals surface area contributed by atoms with Gasteiger partial charge in [0.25, 0.3) is 5.88 Å². The average Bonchev–Trinajstić information content (AvgIpc) is 3.51. The number of amides is 1. The number of fused-ring (bicyclic) bond motifs is 1. The lowest BCUT2D eigenvalue weighted by molar-refractivity contribution is -0.153. The molecule has 5 rings (SSSR count). The number of hydrogen-bond donors (Lipinski definition) is 0. The molecule has 10 heteroatoms. The van der Waals surface area contributed by atoms with E-state index in [4.69, 9.17) is 14.2 Å². The Kier molecular flexibility index (Phi) is 8.06. The predicted octanol–water partition coefficient (Wildman–Crippen LogP) is 6.13. The van der Waals surface area contributed by atoms with Crippen LogP contribution in [0.15, 0.2) is 67.0 Å². The fourth-order valence-corrected chi connectivity index (χ4v) is 5.32. The fraction of sp³-hybridized carbons (Fsp3) is 0.367. The molecule has 1 aliphatic heterocycles. The van der Waals surface area contributed by atoms with Crippen LogP contribution in [0.3, 0.4) is 0 Å². The first-order valence-corrected chi connectivity index (χ1v) is 13.6. The molecule has 1 saturated heterocycles. The normalized spacial score (nSPS) is 20.4. The van der Waals surface area contributed by atoms with E-state index in [1.165, 1.54) is 11.8 Å². The Balaban J connectivity index is 1.52. The summed E-state index contributed by atoms with van der Waals surface area (Å²) < 4.78 is 19.9. The molecule has 1 fully saturated rings. The van der Waals surface area contributed by atoms with Gasteiger partial charge in [-0.2, -0.15) is 4.98 Å². The molecule has 1 amide bonds. The van der Waals surface area contributed by atoms with Crippen LogP contribution in [0.1, 0.15) is 52.1 Å². The zero-order chi connectivity index (χ0) is 28.2. The summed E-state index contributed by atoms with van der Waals surface area (Å²) in [6.07, 6.45) is 2.27. The van der Waals surface area contributed by atoms with Crippen molar-refractivity contribution in [1.29, 1.82) is 0 Å². The summed E-state index contributed by atoms with van der Waals surface area (Å²) >= 11 is 0. The Labute approximate surface area is 232 Å². The summed E-state index contributed by atoms with van der Waals surface area (Å²) in [5, 5.41) is 0. The molecule has 0 spiro atoms. The second kappa shape index (κ2) is 11.8. The number of para-hydroxylation sites is 2. The smallest absolute Gasteiger partial charge is 0.425 e. The number of imidazole rings is 1. The number of carbonyl (C=O) groups excluding carboxylic acids is 2. The number of ether oxygens (including phenoxy) is 3. The topological polar surface area (TPSA) is 109 Å². The van der Waals surface area contributed by atoms with Gasteiger partial charge in [0.2, 0.25) is 0 Å². The Morgan fingerprint density at radius 2 is 1.65 bits per heavy atom. The highest BCUT2D eigenvalue weighted by Crippen LogP contribution is 2.41. The van der Waals surface area contributed by atoms with E-state index in [1.54, 1.807) is 17.8 Å². The van der Waals surface area contributed by atoms with Crippen molar-refractivity contribution < 1.29 is 23.8 Å². The van der Waals surface area contributed by atoms with Gasteiger partial charge < -0.3 is 14.2 Å². The number of benzene rings is 2. The molecule has 0 aliphatic carbocycles. The van der Waals surface area contributed by atoms with Crippen molar-refractivity contribution in [3.8, 4) is 5.88 Å². The highest BCUT2D eigenvalue weighted by Gasteiger charge is 2.47. The van der Waals surface area contributed by atoms with Gasteiger partial charge in [0.05, 0.1) is 23.8 Å². The lowest BCUT2D eigenvalue weighted by atomic mass is 9.91. The Morgan fingerprint density at radius 3 is 2.23 bits per heavy atom. The van der Waals surface area contributed by atoms with Crippen LogP contribution in [0.5, 0.6) is 5.88 Å². The van der Waals surface area contributed by atoms with Gasteiger partial charge in [-0.3, -0.25) is 9.36 Å². The van der Waals surface area contributed by atoms with Crippen molar-refractivity contribution in [3.63, 3.8) is 0 Å². The maximum atomic E-state index is 13.6. The van der Waals surface area contributed by atoms with Crippen molar-refractivity contribution in [2.45, 2.75) is 65.4 Å². The van der Waals surface area contributed by atoms with Crippen molar-refractivity contribution in [3.05, 3.63) is 72.8 Å². The van der Waals surface area contributed by atoms with E-state index in [2.05, 4.69) is 28.8 Å². The molecule has 0 bridgehead atoms. The van der Waals surface area contributed by atoms with Crippen LogP contribution in [0.25, 0.3) is 11.2 Å². The van der Waals surface area contributed by atoms with Crippen LogP contribution < -0.4 is 9.64 Å². The third-order valence-corrected chi connectivity index (χ3v) is 6.99. The van der Waals surface area contributed by atoms with Gasteiger partial charge in [0, 0.05) is 12.8 Å². The van der Waals surface area contributed by atoms with E-state index in [0.717, 1.165) is 19.3 Å². The molecule has 10 nitrogen and oxygen atoms in total. The molecular weight excluding hydrogens is 510 g/mol.